The molecule has 0 spiro atoms. The van der Waals surface area contributed by atoms with E-state index >= 15 is 0 Å². The van der Waals surface area contributed by atoms with E-state index in [9.17, 15) is 0 Å². The van der Waals surface area contributed by atoms with Crippen LogP contribution in [0.3, 0.4) is 0 Å². The van der Waals surface area contributed by atoms with Crippen molar-refractivity contribution in [2.45, 2.75) is 86.9 Å². The molecule has 154 valence electrons. The Labute approximate surface area is 181 Å². The summed E-state index contributed by atoms with van der Waals surface area (Å²) in [6.45, 7) is 25.8. The third-order valence-corrected chi connectivity index (χ3v) is 15.5. The summed E-state index contributed by atoms with van der Waals surface area (Å²) in [6, 6.07) is 7.00. The Balaban J connectivity index is 2.51. The van der Waals surface area contributed by atoms with Crippen LogP contribution < -0.4 is 8.51 Å². The normalized spacial score (nSPS) is 15.2. The van der Waals surface area contributed by atoms with Gasteiger partial charge in [-0.1, -0.05) is 0 Å². The molecule has 1 aromatic carbocycles. The Hall–Kier alpha value is -0.699. The van der Waals surface area contributed by atoms with Crippen molar-refractivity contribution in [1.82, 2.24) is 0 Å². The number of aryl methyl sites for hydroxylation is 1. The molecule has 0 fully saturated rings. The third-order valence-electron chi connectivity index (χ3n) is 6.34. The number of benzene rings is 1. The van der Waals surface area contributed by atoms with E-state index in [1.54, 1.807) is 3.88 Å². The van der Waals surface area contributed by atoms with Crippen molar-refractivity contribution < 1.29 is 21.1 Å². The fourth-order valence-electron chi connectivity index (χ4n) is 3.61. The minimum absolute atomic E-state index is 0.179. The van der Waals surface area contributed by atoms with Crippen molar-refractivity contribution >= 4 is 17.1 Å². The molecule has 1 aromatic rings. The van der Waals surface area contributed by atoms with Crippen LogP contribution in [-0.2, 0) is 17.8 Å². The van der Waals surface area contributed by atoms with Gasteiger partial charge < -0.3 is 0 Å². The van der Waals surface area contributed by atoms with Gasteiger partial charge in [-0.15, -0.1) is 0 Å². The molecular weight excluding hydrogens is 392 g/mol. The van der Waals surface area contributed by atoms with E-state index in [2.05, 4.69) is 106 Å². The molecule has 0 N–H and O–H groups in total. The summed E-state index contributed by atoms with van der Waals surface area (Å²) in [5.74, 6) is 1.09. The van der Waals surface area contributed by atoms with Gasteiger partial charge in [-0.25, -0.2) is 0 Å². The van der Waals surface area contributed by atoms with Crippen molar-refractivity contribution in [2.75, 3.05) is 0 Å². The molecule has 1 nitrogen and oxygen atoms in total. The fourth-order valence-corrected chi connectivity index (χ4v) is 9.14. The second-order valence-corrected chi connectivity index (χ2v) is 20.3. The number of hydrogen-bond donors (Lipinski definition) is 0. The summed E-state index contributed by atoms with van der Waals surface area (Å²) in [5, 5.41) is 1.83. The number of rotatable bonds is 4. The first-order valence-corrected chi connectivity index (χ1v) is 15.7. The first-order chi connectivity index (χ1) is 12.6. The van der Waals surface area contributed by atoms with Crippen molar-refractivity contribution in [1.29, 1.82) is 0 Å². The monoisotopic (exact) mass is 432 g/mol. The van der Waals surface area contributed by atoms with Gasteiger partial charge in [0.15, 0.2) is 0 Å². The first kappa shape index (κ1) is 23.6. The Morgan fingerprint density at radius 3 is 2.11 bits per heavy atom. The average molecular weight is 433 g/mol. The predicted molar refractivity (Wildman–Crippen MR) is 125 cm³/mol. The van der Waals surface area contributed by atoms with Crippen molar-refractivity contribution in [3.8, 4) is 5.75 Å². The van der Waals surface area contributed by atoms with Gasteiger partial charge in [-0.3, -0.25) is 0 Å². The van der Waals surface area contributed by atoms with E-state index in [1.807, 2.05) is 0 Å². The zero-order valence-electron chi connectivity index (χ0n) is 20.0. The summed E-state index contributed by atoms with van der Waals surface area (Å²) in [5.41, 5.74) is 3.00. The quantitative estimate of drug-likeness (QED) is 0.461. The van der Waals surface area contributed by atoms with E-state index in [4.69, 9.17) is 3.32 Å². The Kier molecular flexibility index (Phi) is 6.91. The third kappa shape index (κ3) is 5.07. The molecule has 0 amide bonds. The molecule has 2 rings (SSSR count). The predicted octanol–water partition coefficient (Wildman–Crippen LogP) is 7.09. The van der Waals surface area contributed by atoms with Crippen LogP contribution in [0, 0.1) is 12.3 Å². The van der Waals surface area contributed by atoms with E-state index < -0.39 is 25.9 Å². The second-order valence-electron chi connectivity index (χ2n) is 11.1. The summed E-state index contributed by atoms with van der Waals surface area (Å²) in [6.07, 6.45) is 5.73. The van der Waals surface area contributed by atoms with Crippen LogP contribution in [0.4, 0.5) is 0 Å². The van der Waals surface area contributed by atoms with Crippen LogP contribution in [0.1, 0.15) is 67.4 Å². The maximum atomic E-state index is 6.87. The maximum absolute atomic E-state index is 6.87. The van der Waals surface area contributed by atoms with Crippen molar-refractivity contribution in [3.63, 3.8) is 0 Å². The molecule has 28 heavy (non-hydrogen) atoms. The van der Waals surface area contributed by atoms with E-state index in [1.165, 1.54) is 20.1 Å². The zero-order chi connectivity index (χ0) is 21.5. The van der Waals surface area contributed by atoms with Gasteiger partial charge in [-0.2, -0.15) is 0 Å². The van der Waals surface area contributed by atoms with E-state index in [-0.39, 0.29) is 5.41 Å². The molecule has 0 saturated heterocycles. The minimum atomic E-state index is -1.97. The summed E-state index contributed by atoms with van der Waals surface area (Å²) in [7, 11) is -1.59. The van der Waals surface area contributed by atoms with E-state index in [0.717, 1.165) is 12.2 Å². The van der Waals surface area contributed by atoms with Gasteiger partial charge in [0.05, 0.1) is 0 Å². The SMILES string of the molecule is C[C](C)=[Ti]([O]c1cc(C)cc([Si](C)(C)C(C)(C)C)c1)[C]1=C(C(C)(C)C)C=CC1. The zero-order valence-corrected chi connectivity index (χ0v) is 22.6. The summed E-state index contributed by atoms with van der Waals surface area (Å²) in [4.78, 5) is 0. The average Bonchev–Trinajstić information content (AvgIpc) is 3.00. The van der Waals surface area contributed by atoms with Crippen LogP contribution >= 0.6 is 0 Å². The molecular formula is C25H40OSiTi. The summed E-state index contributed by atoms with van der Waals surface area (Å²) < 4.78 is 9.94. The topological polar surface area (TPSA) is 9.23 Å². The molecule has 0 bridgehead atoms. The Bertz CT molecular complexity index is 838. The van der Waals surface area contributed by atoms with Gasteiger partial charge >= 0.3 is 182 Å². The summed E-state index contributed by atoms with van der Waals surface area (Å²) >= 11 is -1.97. The molecule has 0 atom stereocenters. The van der Waals surface area contributed by atoms with E-state index in [0.29, 0.717) is 5.04 Å². The van der Waals surface area contributed by atoms with Crippen LogP contribution in [0.2, 0.25) is 18.1 Å². The molecule has 3 heteroatoms. The molecule has 1 aliphatic rings. The number of allylic oxidation sites excluding steroid dienone is 4. The van der Waals surface area contributed by atoms with Gasteiger partial charge in [0.2, 0.25) is 0 Å². The van der Waals surface area contributed by atoms with Crippen LogP contribution in [0.5, 0.6) is 5.75 Å². The molecule has 0 heterocycles. The fraction of sp³-hybridized carbons (Fsp3) is 0.560. The standard InChI is InChI=1S/C13H22OSi.C9H13.C3H6.Ti/c1-10-7-11(14)9-12(8-10)15(5,6)13(2,3)4;1-9(2,3)8-6-4-5-7-8;1-3-2;/h7-9,14H,1-6H3;4,6H,5H2,1-3H3;1-2H3;/q;;;+1/p-1. The Morgan fingerprint density at radius 2 is 1.61 bits per heavy atom. The second kappa shape index (κ2) is 8.20. The van der Waals surface area contributed by atoms with Crippen LogP contribution in [0.15, 0.2) is 39.8 Å². The Morgan fingerprint density at radius 1 is 1.00 bits per heavy atom. The van der Waals surface area contributed by atoms with Crippen molar-refractivity contribution in [3.05, 3.63) is 45.4 Å². The van der Waals surface area contributed by atoms with Crippen LogP contribution in [-0.4, -0.2) is 11.9 Å². The van der Waals surface area contributed by atoms with Crippen LogP contribution in [0.25, 0.3) is 0 Å². The van der Waals surface area contributed by atoms with Gasteiger partial charge in [0, 0.05) is 0 Å². The van der Waals surface area contributed by atoms with Gasteiger partial charge in [0.1, 0.15) is 0 Å². The molecule has 0 saturated carbocycles. The van der Waals surface area contributed by atoms with Crippen molar-refractivity contribution in [2.24, 2.45) is 5.41 Å². The first-order valence-electron chi connectivity index (χ1n) is 10.5. The molecule has 0 aliphatic heterocycles. The molecule has 1 aliphatic carbocycles. The van der Waals surface area contributed by atoms with Gasteiger partial charge in [-0.05, 0) is 0 Å². The van der Waals surface area contributed by atoms with Gasteiger partial charge in [0.25, 0.3) is 0 Å². The molecule has 0 aromatic heterocycles. The molecule has 0 radical (unpaired) electrons. The number of hydrogen-bond acceptors (Lipinski definition) is 1. The molecule has 0 unspecified atom stereocenters.